The Labute approximate surface area is 187 Å². The highest BCUT2D eigenvalue weighted by atomic mass is 32.2. The van der Waals surface area contributed by atoms with E-state index in [0.717, 1.165) is 17.9 Å². The Hall–Kier alpha value is -2.71. The van der Waals surface area contributed by atoms with Gasteiger partial charge in [-0.3, -0.25) is 14.5 Å². The number of rotatable bonds is 10. The van der Waals surface area contributed by atoms with Gasteiger partial charge in [0.25, 0.3) is 5.91 Å². The Kier molecular flexibility index (Phi) is 8.20. The third-order valence-corrected chi connectivity index (χ3v) is 6.04. The first-order valence-corrected chi connectivity index (χ1v) is 11.5. The van der Waals surface area contributed by atoms with Crippen LogP contribution >= 0.6 is 11.8 Å². The van der Waals surface area contributed by atoms with Gasteiger partial charge in [-0.05, 0) is 56.2 Å². The van der Waals surface area contributed by atoms with Crippen LogP contribution in [0.1, 0.15) is 30.6 Å². The van der Waals surface area contributed by atoms with Crippen molar-refractivity contribution >= 4 is 35.0 Å². The highest BCUT2D eigenvalue weighted by molar-refractivity contribution is 7.99. The van der Waals surface area contributed by atoms with E-state index in [2.05, 4.69) is 24.5 Å². The van der Waals surface area contributed by atoms with Crippen molar-refractivity contribution in [2.24, 2.45) is 0 Å². The van der Waals surface area contributed by atoms with Gasteiger partial charge in [0.1, 0.15) is 0 Å². The number of hydrogen-bond donors (Lipinski definition) is 2. The number of amides is 2. The van der Waals surface area contributed by atoms with Gasteiger partial charge in [-0.25, -0.2) is 0 Å². The van der Waals surface area contributed by atoms with Crippen LogP contribution in [0.2, 0.25) is 0 Å². The van der Waals surface area contributed by atoms with E-state index in [1.807, 2.05) is 23.7 Å². The van der Waals surface area contributed by atoms with E-state index in [0.29, 0.717) is 34.5 Å². The van der Waals surface area contributed by atoms with Crippen molar-refractivity contribution in [1.29, 1.82) is 0 Å². The third-order valence-electron chi connectivity index (χ3n) is 5.11. The standard InChI is InChI=1S/C23H29N3O4S/c1-4-31-12-11-16(2)26(3)14-22(27)25-19-8-6-5-7-18(19)23(28)24-17-9-10-20-21(13-17)30-15-29-20/h5-10,13,16H,4,11-12,14-15H2,1-3H3,(H,24,28)(H,25,27). The fourth-order valence-electron chi connectivity index (χ4n) is 3.15. The number of carbonyl (C=O) groups excluding carboxylic acids is 2. The molecule has 0 aliphatic carbocycles. The second-order valence-corrected chi connectivity index (χ2v) is 8.76. The lowest BCUT2D eigenvalue weighted by Gasteiger charge is -2.24. The molecular formula is C23H29N3O4S. The van der Waals surface area contributed by atoms with Crippen LogP contribution in [0.5, 0.6) is 11.5 Å². The number of likely N-dealkylation sites (N-methyl/N-ethyl adjacent to an activating group) is 1. The molecule has 0 spiro atoms. The molecule has 1 heterocycles. The second-order valence-electron chi connectivity index (χ2n) is 7.37. The molecule has 2 amide bonds. The number of hydrogen-bond acceptors (Lipinski definition) is 6. The van der Waals surface area contributed by atoms with Crippen LogP contribution in [-0.2, 0) is 4.79 Å². The van der Waals surface area contributed by atoms with Crippen LogP contribution < -0.4 is 20.1 Å². The minimum atomic E-state index is -0.312. The maximum absolute atomic E-state index is 12.8. The first kappa shape index (κ1) is 23.0. The number of ether oxygens (including phenoxy) is 2. The van der Waals surface area contributed by atoms with Gasteiger partial charge in [0.2, 0.25) is 12.7 Å². The topological polar surface area (TPSA) is 79.9 Å². The summed E-state index contributed by atoms with van der Waals surface area (Å²) in [7, 11) is 1.94. The molecule has 0 fully saturated rings. The van der Waals surface area contributed by atoms with Crippen LogP contribution in [0.15, 0.2) is 42.5 Å². The lowest BCUT2D eigenvalue weighted by Crippen LogP contribution is -2.37. The molecular weight excluding hydrogens is 414 g/mol. The van der Waals surface area contributed by atoms with Gasteiger partial charge >= 0.3 is 0 Å². The average molecular weight is 444 g/mol. The molecule has 166 valence electrons. The van der Waals surface area contributed by atoms with E-state index in [4.69, 9.17) is 9.47 Å². The molecule has 8 heteroatoms. The number of nitrogens with zero attached hydrogens (tertiary/aromatic N) is 1. The quantitative estimate of drug-likeness (QED) is 0.539. The molecule has 1 atom stereocenters. The minimum Gasteiger partial charge on any atom is -0.454 e. The van der Waals surface area contributed by atoms with E-state index in [1.165, 1.54) is 0 Å². The first-order chi connectivity index (χ1) is 15.0. The zero-order valence-corrected chi connectivity index (χ0v) is 19.0. The number of fused-ring (bicyclic) bond motifs is 1. The van der Waals surface area contributed by atoms with Crippen LogP contribution in [0, 0.1) is 0 Å². The minimum absolute atomic E-state index is 0.152. The van der Waals surface area contributed by atoms with Gasteiger partial charge in [-0.2, -0.15) is 11.8 Å². The van der Waals surface area contributed by atoms with Crippen LogP contribution in [0.25, 0.3) is 0 Å². The number of benzene rings is 2. The predicted molar refractivity (Wildman–Crippen MR) is 125 cm³/mol. The molecule has 7 nitrogen and oxygen atoms in total. The molecule has 0 bridgehead atoms. The number of para-hydroxylation sites is 1. The van der Waals surface area contributed by atoms with Crippen molar-refractivity contribution in [2.75, 3.05) is 42.5 Å². The molecule has 0 radical (unpaired) electrons. The van der Waals surface area contributed by atoms with Gasteiger partial charge in [0.15, 0.2) is 11.5 Å². The van der Waals surface area contributed by atoms with Gasteiger partial charge < -0.3 is 20.1 Å². The summed E-state index contributed by atoms with van der Waals surface area (Å²) in [6.45, 7) is 4.70. The molecule has 2 N–H and O–H groups in total. The summed E-state index contributed by atoms with van der Waals surface area (Å²) in [6, 6.07) is 12.5. The largest absolute Gasteiger partial charge is 0.454 e. The van der Waals surface area contributed by atoms with Crippen molar-refractivity contribution in [3.63, 3.8) is 0 Å². The smallest absolute Gasteiger partial charge is 0.257 e. The highest BCUT2D eigenvalue weighted by Crippen LogP contribution is 2.34. The van der Waals surface area contributed by atoms with E-state index >= 15 is 0 Å². The van der Waals surface area contributed by atoms with E-state index in [-0.39, 0.29) is 25.2 Å². The zero-order chi connectivity index (χ0) is 22.2. The molecule has 31 heavy (non-hydrogen) atoms. The summed E-state index contributed by atoms with van der Waals surface area (Å²) in [5, 5.41) is 5.73. The van der Waals surface area contributed by atoms with E-state index in [1.54, 1.807) is 42.5 Å². The summed E-state index contributed by atoms with van der Waals surface area (Å²) in [4.78, 5) is 27.5. The molecule has 2 aromatic carbocycles. The number of nitrogens with one attached hydrogen (secondary N) is 2. The number of carbonyl (C=O) groups is 2. The Bertz CT molecular complexity index is 921. The van der Waals surface area contributed by atoms with Crippen molar-refractivity contribution < 1.29 is 19.1 Å². The number of thioether (sulfide) groups is 1. The summed E-state index contributed by atoms with van der Waals surface area (Å²) >= 11 is 1.90. The van der Waals surface area contributed by atoms with E-state index in [9.17, 15) is 9.59 Å². The van der Waals surface area contributed by atoms with E-state index < -0.39 is 0 Å². The molecule has 0 saturated carbocycles. The molecule has 0 saturated heterocycles. The first-order valence-electron chi connectivity index (χ1n) is 10.4. The molecule has 2 aromatic rings. The van der Waals surface area contributed by atoms with Crippen LogP contribution in [0.3, 0.4) is 0 Å². The van der Waals surface area contributed by atoms with Crippen LogP contribution in [-0.4, -0.2) is 54.6 Å². The lowest BCUT2D eigenvalue weighted by molar-refractivity contribution is -0.117. The summed E-state index contributed by atoms with van der Waals surface area (Å²) in [6.07, 6.45) is 1.02. The highest BCUT2D eigenvalue weighted by Gasteiger charge is 2.18. The summed E-state index contributed by atoms with van der Waals surface area (Å²) < 4.78 is 10.6. The Morgan fingerprint density at radius 1 is 1.13 bits per heavy atom. The monoisotopic (exact) mass is 443 g/mol. The fraction of sp³-hybridized carbons (Fsp3) is 0.391. The normalized spacial score (nSPS) is 13.2. The Morgan fingerprint density at radius 2 is 1.90 bits per heavy atom. The summed E-state index contributed by atoms with van der Waals surface area (Å²) in [5.74, 6) is 2.95. The van der Waals surface area contributed by atoms with Crippen molar-refractivity contribution in [3.8, 4) is 11.5 Å². The fourth-order valence-corrected chi connectivity index (χ4v) is 3.95. The van der Waals surface area contributed by atoms with Crippen molar-refractivity contribution in [1.82, 2.24) is 4.90 Å². The predicted octanol–water partition coefficient (Wildman–Crippen LogP) is 4.07. The maximum Gasteiger partial charge on any atom is 0.257 e. The van der Waals surface area contributed by atoms with Gasteiger partial charge in [-0.15, -0.1) is 0 Å². The maximum atomic E-state index is 12.8. The Balaban J connectivity index is 1.60. The molecule has 1 aliphatic heterocycles. The Morgan fingerprint density at radius 3 is 2.71 bits per heavy atom. The second kappa shape index (κ2) is 11.1. The molecule has 1 aliphatic rings. The average Bonchev–Trinajstić information content (AvgIpc) is 3.22. The van der Waals surface area contributed by atoms with Crippen molar-refractivity contribution in [2.45, 2.75) is 26.3 Å². The van der Waals surface area contributed by atoms with Gasteiger partial charge in [0.05, 0.1) is 17.8 Å². The molecule has 3 rings (SSSR count). The number of anilines is 2. The third kappa shape index (κ3) is 6.38. The summed E-state index contributed by atoms with van der Waals surface area (Å²) in [5.41, 5.74) is 1.46. The van der Waals surface area contributed by atoms with Crippen LogP contribution in [0.4, 0.5) is 11.4 Å². The van der Waals surface area contributed by atoms with Crippen molar-refractivity contribution in [3.05, 3.63) is 48.0 Å². The SMILES string of the molecule is CCSCCC(C)N(C)CC(=O)Nc1ccccc1C(=O)Nc1ccc2c(c1)OCO2. The van der Waals surface area contributed by atoms with Gasteiger partial charge in [0, 0.05) is 17.8 Å². The lowest BCUT2D eigenvalue weighted by atomic mass is 10.1. The molecule has 1 unspecified atom stereocenters. The van der Waals surface area contributed by atoms with Gasteiger partial charge in [-0.1, -0.05) is 19.1 Å². The molecule has 0 aromatic heterocycles. The zero-order valence-electron chi connectivity index (χ0n) is 18.1.